The smallest absolute Gasteiger partial charge is 0.321 e. The summed E-state index contributed by atoms with van der Waals surface area (Å²) in [5.74, 6) is 2.49. The zero-order chi connectivity index (χ0) is 12.0. The fourth-order valence-corrected chi connectivity index (χ4v) is 1.16. The lowest BCUT2D eigenvalue weighted by Crippen LogP contribution is -2.33. The summed E-state index contributed by atoms with van der Waals surface area (Å²) < 4.78 is 0. The number of nitrogens with zero attached hydrogens (tertiary/aromatic N) is 1. The monoisotopic (exact) mass is 218 g/mol. The zero-order valence-corrected chi connectivity index (χ0v) is 9.10. The average Bonchev–Trinajstić information content (AvgIpc) is 2.29. The predicted molar refractivity (Wildman–Crippen MR) is 63.1 cm³/mol. The lowest BCUT2D eigenvalue weighted by atomic mass is 10.2. The van der Waals surface area contributed by atoms with Gasteiger partial charge in [-0.1, -0.05) is 12.0 Å². The van der Waals surface area contributed by atoms with Crippen molar-refractivity contribution in [3.8, 4) is 12.3 Å². The number of carbonyl (C=O) groups excluding carboxylic acids is 1. The zero-order valence-electron chi connectivity index (χ0n) is 9.10. The van der Waals surface area contributed by atoms with Crippen molar-refractivity contribution in [1.82, 2.24) is 4.90 Å². The van der Waals surface area contributed by atoms with Crippen LogP contribution in [0.1, 0.15) is 5.56 Å². The van der Waals surface area contributed by atoms with Crippen molar-refractivity contribution in [2.45, 2.75) is 0 Å². The molecule has 0 aromatic heterocycles. The van der Waals surface area contributed by atoms with Crippen LogP contribution < -0.4 is 5.32 Å². The van der Waals surface area contributed by atoms with E-state index in [1.807, 2.05) is 0 Å². The number of benzene rings is 1. The molecule has 0 aliphatic rings. The van der Waals surface area contributed by atoms with Crippen molar-refractivity contribution in [3.63, 3.8) is 0 Å². The summed E-state index contributed by atoms with van der Waals surface area (Å²) >= 11 is 0. The number of hydrogen-bond donors (Lipinski definition) is 2. The second-order valence-corrected chi connectivity index (χ2v) is 3.30. The quantitative estimate of drug-likeness (QED) is 0.747. The molecule has 0 saturated carbocycles. The third-order valence-corrected chi connectivity index (χ3v) is 2.06. The molecule has 1 rings (SSSR count). The van der Waals surface area contributed by atoms with Gasteiger partial charge < -0.3 is 15.3 Å². The molecule has 2 N–H and O–H groups in total. The van der Waals surface area contributed by atoms with E-state index >= 15 is 0 Å². The van der Waals surface area contributed by atoms with E-state index in [2.05, 4.69) is 11.2 Å². The summed E-state index contributed by atoms with van der Waals surface area (Å²) in [5, 5.41) is 11.4. The number of nitrogens with one attached hydrogen (secondary N) is 1. The first-order valence-corrected chi connectivity index (χ1v) is 4.87. The standard InChI is InChI=1S/C12H14N2O2/c1-3-10-5-4-6-11(9-10)13-12(16)14(2)7-8-15/h1,4-6,9,15H,7-8H2,2H3,(H,13,16). The molecule has 4 nitrogen and oxygen atoms in total. The van der Waals surface area contributed by atoms with Crippen molar-refractivity contribution >= 4 is 11.7 Å². The predicted octanol–water partition coefficient (Wildman–Crippen LogP) is 1.12. The Bertz CT molecular complexity index is 410. The van der Waals surface area contributed by atoms with Crippen LogP contribution in [-0.4, -0.2) is 36.2 Å². The second kappa shape index (κ2) is 5.79. The molecule has 1 aromatic carbocycles. The molecule has 0 unspecified atom stereocenters. The second-order valence-electron chi connectivity index (χ2n) is 3.30. The minimum absolute atomic E-state index is 0.0612. The number of likely N-dealkylation sites (N-methyl/N-ethyl adjacent to an activating group) is 1. The summed E-state index contributed by atoms with van der Waals surface area (Å²) in [4.78, 5) is 12.9. The molecule has 2 amide bonds. The van der Waals surface area contributed by atoms with Gasteiger partial charge in [0.25, 0.3) is 0 Å². The molecule has 0 bridgehead atoms. The molecular formula is C12H14N2O2. The molecule has 0 atom stereocenters. The average molecular weight is 218 g/mol. The molecule has 0 fully saturated rings. The number of aliphatic hydroxyl groups excluding tert-OH is 1. The molecule has 0 saturated heterocycles. The van der Waals surface area contributed by atoms with E-state index in [4.69, 9.17) is 11.5 Å². The maximum absolute atomic E-state index is 11.6. The van der Waals surface area contributed by atoms with Gasteiger partial charge in [-0.3, -0.25) is 0 Å². The number of terminal acetylenes is 1. The highest BCUT2D eigenvalue weighted by Gasteiger charge is 2.07. The summed E-state index contributed by atoms with van der Waals surface area (Å²) in [6.45, 7) is 0.231. The van der Waals surface area contributed by atoms with Crippen LogP contribution in [0.5, 0.6) is 0 Å². The molecule has 1 aromatic rings. The van der Waals surface area contributed by atoms with Crippen LogP contribution in [0.3, 0.4) is 0 Å². The van der Waals surface area contributed by atoms with Gasteiger partial charge in [0.1, 0.15) is 0 Å². The lowest BCUT2D eigenvalue weighted by Gasteiger charge is -2.16. The Morgan fingerprint density at radius 3 is 3.00 bits per heavy atom. The maximum atomic E-state index is 11.6. The van der Waals surface area contributed by atoms with Gasteiger partial charge in [0.05, 0.1) is 6.61 Å². The Labute approximate surface area is 94.9 Å². The van der Waals surface area contributed by atoms with E-state index in [-0.39, 0.29) is 12.6 Å². The van der Waals surface area contributed by atoms with Gasteiger partial charge in [-0.2, -0.15) is 0 Å². The third-order valence-electron chi connectivity index (χ3n) is 2.06. The van der Waals surface area contributed by atoms with E-state index in [0.29, 0.717) is 17.8 Å². The van der Waals surface area contributed by atoms with Gasteiger partial charge in [-0.25, -0.2) is 4.79 Å². The van der Waals surface area contributed by atoms with E-state index in [1.54, 1.807) is 31.3 Å². The van der Waals surface area contributed by atoms with Gasteiger partial charge in [-0.05, 0) is 18.2 Å². The normalized spacial score (nSPS) is 9.31. The number of rotatable bonds is 3. The number of amides is 2. The highest BCUT2D eigenvalue weighted by atomic mass is 16.3. The summed E-state index contributed by atoms with van der Waals surface area (Å²) in [5.41, 5.74) is 1.35. The molecule has 0 radical (unpaired) electrons. The minimum Gasteiger partial charge on any atom is -0.395 e. The minimum atomic E-state index is -0.275. The van der Waals surface area contributed by atoms with E-state index in [9.17, 15) is 4.79 Å². The highest BCUT2D eigenvalue weighted by molar-refractivity contribution is 5.89. The van der Waals surface area contributed by atoms with Crippen molar-refractivity contribution in [1.29, 1.82) is 0 Å². The van der Waals surface area contributed by atoms with E-state index in [0.717, 1.165) is 0 Å². The van der Waals surface area contributed by atoms with Crippen LogP contribution in [0.4, 0.5) is 10.5 Å². The van der Waals surface area contributed by atoms with Crippen LogP contribution in [0.15, 0.2) is 24.3 Å². The van der Waals surface area contributed by atoms with Gasteiger partial charge >= 0.3 is 6.03 Å². The molecule has 0 spiro atoms. The summed E-state index contributed by atoms with van der Waals surface area (Å²) in [6, 6.07) is 6.75. The first kappa shape index (κ1) is 12.1. The number of anilines is 1. The van der Waals surface area contributed by atoms with Gasteiger partial charge in [0, 0.05) is 24.8 Å². The van der Waals surface area contributed by atoms with Gasteiger partial charge in [0.15, 0.2) is 0 Å². The topological polar surface area (TPSA) is 52.6 Å². The number of aliphatic hydroxyl groups is 1. The Morgan fingerprint density at radius 2 is 2.38 bits per heavy atom. The van der Waals surface area contributed by atoms with Crippen molar-refractivity contribution in [2.24, 2.45) is 0 Å². The third kappa shape index (κ3) is 3.30. The van der Waals surface area contributed by atoms with E-state index < -0.39 is 0 Å². The molecule has 0 heterocycles. The number of carbonyl (C=O) groups is 1. The Hall–Kier alpha value is -1.99. The SMILES string of the molecule is C#Cc1cccc(NC(=O)N(C)CCO)c1. The fourth-order valence-electron chi connectivity index (χ4n) is 1.16. The first-order valence-electron chi connectivity index (χ1n) is 4.87. The van der Waals surface area contributed by atoms with Crippen molar-refractivity contribution in [3.05, 3.63) is 29.8 Å². The lowest BCUT2D eigenvalue weighted by molar-refractivity contribution is 0.202. The number of hydrogen-bond acceptors (Lipinski definition) is 2. The first-order chi connectivity index (χ1) is 7.67. The number of urea groups is 1. The molecule has 0 aliphatic carbocycles. The van der Waals surface area contributed by atoms with Crippen molar-refractivity contribution < 1.29 is 9.90 Å². The summed E-state index contributed by atoms with van der Waals surface area (Å²) in [7, 11) is 1.61. The Morgan fingerprint density at radius 1 is 1.62 bits per heavy atom. The van der Waals surface area contributed by atoms with Crippen LogP contribution in [0.2, 0.25) is 0 Å². The molecule has 4 heteroatoms. The van der Waals surface area contributed by atoms with Crippen LogP contribution in [0.25, 0.3) is 0 Å². The van der Waals surface area contributed by atoms with Crippen LogP contribution >= 0.6 is 0 Å². The maximum Gasteiger partial charge on any atom is 0.321 e. The van der Waals surface area contributed by atoms with E-state index in [1.165, 1.54) is 4.90 Å². The largest absolute Gasteiger partial charge is 0.395 e. The Kier molecular flexibility index (Phi) is 4.37. The van der Waals surface area contributed by atoms with Crippen LogP contribution in [-0.2, 0) is 0 Å². The van der Waals surface area contributed by atoms with Gasteiger partial charge in [-0.15, -0.1) is 6.42 Å². The van der Waals surface area contributed by atoms with Gasteiger partial charge in [0.2, 0.25) is 0 Å². The summed E-state index contributed by atoms with van der Waals surface area (Å²) in [6.07, 6.45) is 5.25. The van der Waals surface area contributed by atoms with Crippen molar-refractivity contribution in [2.75, 3.05) is 25.5 Å². The highest BCUT2D eigenvalue weighted by Crippen LogP contribution is 2.10. The molecular weight excluding hydrogens is 204 g/mol. The Balaban J connectivity index is 2.66. The molecule has 84 valence electrons. The molecule has 0 aliphatic heterocycles. The fraction of sp³-hybridized carbons (Fsp3) is 0.250. The van der Waals surface area contributed by atoms with Crippen LogP contribution in [0, 0.1) is 12.3 Å². The molecule has 16 heavy (non-hydrogen) atoms.